The van der Waals surface area contributed by atoms with Gasteiger partial charge in [-0.2, -0.15) is 0 Å². The molecule has 0 aliphatic carbocycles. The third kappa shape index (κ3) is 6.71. The van der Waals surface area contributed by atoms with Crippen LogP contribution in [0, 0.1) is 6.92 Å². The summed E-state index contributed by atoms with van der Waals surface area (Å²) in [6.45, 7) is 2.64. The van der Waals surface area contributed by atoms with Gasteiger partial charge >= 0.3 is 0 Å². The minimum Gasteiger partial charge on any atom is -0.492 e. The lowest BCUT2D eigenvalue weighted by Gasteiger charge is -2.07. The standard InChI is InChI=1S/C18H19ClN2O3/c1-14-3-2-4-17(11-14)23-10-9-20-18(22)13-24-21-12-15-5-7-16(19)8-6-15/h2-8,11-12H,9-10,13H2,1H3,(H,20,22)/b21-12-. The number of ether oxygens (including phenoxy) is 1. The van der Waals surface area contributed by atoms with E-state index < -0.39 is 0 Å². The van der Waals surface area contributed by atoms with Gasteiger partial charge in [0, 0.05) is 5.02 Å². The Kier molecular flexibility index (Phi) is 7.11. The molecule has 1 N–H and O–H groups in total. The van der Waals surface area contributed by atoms with Crippen LogP contribution in [0.1, 0.15) is 11.1 Å². The van der Waals surface area contributed by atoms with Gasteiger partial charge in [-0.1, -0.05) is 41.0 Å². The van der Waals surface area contributed by atoms with Crippen LogP contribution in [0.15, 0.2) is 53.7 Å². The number of nitrogens with one attached hydrogen (secondary N) is 1. The van der Waals surface area contributed by atoms with Crippen LogP contribution < -0.4 is 10.1 Å². The number of hydrogen-bond acceptors (Lipinski definition) is 4. The van der Waals surface area contributed by atoms with Crippen molar-refractivity contribution in [2.75, 3.05) is 19.8 Å². The molecule has 2 rings (SSSR count). The summed E-state index contributed by atoms with van der Waals surface area (Å²) in [6, 6.07) is 14.9. The fourth-order valence-electron chi connectivity index (χ4n) is 1.86. The fourth-order valence-corrected chi connectivity index (χ4v) is 1.98. The van der Waals surface area contributed by atoms with Crippen LogP contribution in [0.25, 0.3) is 0 Å². The number of aryl methyl sites for hydroxylation is 1. The number of halogens is 1. The van der Waals surface area contributed by atoms with E-state index in [0.29, 0.717) is 18.2 Å². The van der Waals surface area contributed by atoms with Gasteiger partial charge in [-0.15, -0.1) is 0 Å². The number of carbonyl (C=O) groups excluding carboxylic acids is 1. The third-order valence-corrected chi connectivity index (χ3v) is 3.28. The van der Waals surface area contributed by atoms with Gasteiger partial charge in [0.05, 0.1) is 12.8 Å². The number of hydrogen-bond donors (Lipinski definition) is 1. The zero-order chi connectivity index (χ0) is 17.2. The number of oxime groups is 1. The molecule has 0 atom stereocenters. The molecule has 1 amide bonds. The van der Waals surface area contributed by atoms with E-state index >= 15 is 0 Å². The Morgan fingerprint density at radius 3 is 2.79 bits per heavy atom. The van der Waals surface area contributed by atoms with Gasteiger partial charge in [0.2, 0.25) is 0 Å². The summed E-state index contributed by atoms with van der Waals surface area (Å²) in [5.41, 5.74) is 1.97. The lowest BCUT2D eigenvalue weighted by Crippen LogP contribution is -2.30. The van der Waals surface area contributed by atoms with E-state index in [1.807, 2.05) is 31.2 Å². The van der Waals surface area contributed by atoms with Crippen molar-refractivity contribution in [1.29, 1.82) is 0 Å². The molecular formula is C18H19ClN2O3. The highest BCUT2D eigenvalue weighted by atomic mass is 35.5. The van der Waals surface area contributed by atoms with E-state index in [9.17, 15) is 4.79 Å². The lowest BCUT2D eigenvalue weighted by atomic mass is 10.2. The molecule has 0 saturated carbocycles. The highest BCUT2D eigenvalue weighted by Gasteiger charge is 2.01. The van der Waals surface area contributed by atoms with Crippen molar-refractivity contribution in [3.63, 3.8) is 0 Å². The van der Waals surface area contributed by atoms with Crippen molar-refractivity contribution in [1.82, 2.24) is 5.32 Å². The zero-order valence-corrected chi connectivity index (χ0v) is 14.1. The predicted molar refractivity (Wildman–Crippen MR) is 94.7 cm³/mol. The largest absolute Gasteiger partial charge is 0.492 e. The molecule has 24 heavy (non-hydrogen) atoms. The van der Waals surface area contributed by atoms with Gasteiger partial charge < -0.3 is 14.9 Å². The second-order valence-electron chi connectivity index (χ2n) is 5.07. The van der Waals surface area contributed by atoms with Crippen molar-refractivity contribution in [3.8, 4) is 5.75 Å². The van der Waals surface area contributed by atoms with Crippen LogP contribution in [0.2, 0.25) is 5.02 Å². The molecule has 0 unspecified atom stereocenters. The Bertz CT molecular complexity index is 687. The highest BCUT2D eigenvalue weighted by molar-refractivity contribution is 6.30. The molecular weight excluding hydrogens is 328 g/mol. The molecule has 0 spiro atoms. The summed E-state index contributed by atoms with van der Waals surface area (Å²) in [5, 5.41) is 7.08. The van der Waals surface area contributed by atoms with E-state index in [4.69, 9.17) is 21.2 Å². The SMILES string of the molecule is Cc1cccc(OCCNC(=O)CO/N=C\c2ccc(Cl)cc2)c1. The van der Waals surface area contributed by atoms with Gasteiger partial charge in [0.1, 0.15) is 12.4 Å². The van der Waals surface area contributed by atoms with Crippen molar-refractivity contribution < 1.29 is 14.4 Å². The van der Waals surface area contributed by atoms with Gasteiger partial charge in [-0.3, -0.25) is 4.79 Å². The molecule has 6 heteroatoms. The predicted octanol–water partition coefficient (Wildman–Crippen LogP) is 3.19. The molecule has 126 valence electrons. The van der Waals surface area contributed by atoms with E-state index in [-0.39, 0.29) is 12.5 Å². The molecule has 5 nitrogen and oxygen atoms in total. The van der Waals surface area contributed by atoms with Gasteiger partial charge in [-0.25, -0.2) is 0 Å². The summed E-state index contributed by atoms with van der Waals surface area (Å²) in [6.07, 6.45) is 1.52. The molecule has 2 aromatic carbocycles. The first-order valence-corrected chi connectivity index (χ1v) is 7.88. The Morgan fingerprint density at radius 2 is 2.04 bits per heavy atom. The lowest BCUT2D eigenvalue weighted by molar-refractivity contribution is -0.125. The summed E-state index contributed by atoms with van der Waals surface area (Å²) in [5.74, 6) is 0.532. The molecule has 0 bridgehead atoms. The second-order valence-corrected chi connectivity index (χ2v) is 5.51. The first-order chi connectivity index (χ1) is 11.6. The molecule has 0 radical (unpaired) electrons. The normalized spacial score (nSPS) is 10.6. The van der Waals surface area contributed by atoms with Crippen molar-refractivity contribution in [3.05, 3.63) is 64.7 Å². The minimum atomic E-state index is -0.254. The van der Waals surface area contributed by atoms with Crippen molar-refractivity contribution in [2.24, 2.45) is 5.16 Å². The quantitative estimate of drug-likeness (QED) is 0.453. The van der Waals surface area contributed by atoms with Crippen LogP contribution in [-0.2, 0) is 9.63 Å². The number of nitrogens with zero attached hydrogens (tertiary/aromatic N) is 1. The molecule has 2 aromatic rings. The topological polar surface area (TPSA) is 59.9 Å². The minimum absolute atomic E-state index is 0.144. The van der Waals surface area contributed by atoms with Gasteiger partial charge in [-0.05, 0) is 42.3 Å². The maximum absolute atomic E-state index is 11.6. The maximum atomic E-state index is 11.6. The van der Waals surface area contributed by atoms with Crippen LogP contribution in [0.3, 0.4) is 0 Å². The van der Waals surface area contributed by atoms with Gasteiger partial charge in [0.25, 0.3) is 5.91 Å². The van der Waals surface area contributed by atoms with E-state index in [2.05, 4.69) is 10.5 Å². The molecule has 0 aliphatic rings. The first-order valence-electron chi connectivity index (χ1n) is 7.50. The van der Waals surface area contributed by atoms with E-state index in [1.165, 1.54) is 6.21 Å². The van der Waals surface area contributed by atoms with Crippen molar-refractivity contribution in [2.45, 2.75) is 6.92 Å². The van der Waals surface area contributed by atoms with Crippen molar-refractivity contribution >= 4 is 23.7 Å². The highest BCUT2D eigenvalue weighted by Crippen LogP contribution is 2.11. The molecule has 0 saturated heterocycles. The number of rotatable bonds is 8. The van der Waals surface area contributed by atoms with Crippen LogP contribution in [0.5, 0.6) is 5.75 Å². The molecule has 0 aliphatic heterocycles. The van der Waals surface area contributed by atoms with E-state index in [0.717, 1.165) is 16.9 Å². The summed E-state index contributed by atoms with van der Waals surface area (Å²) in [7, 11) is 0. The first kappa shape index (κ1) is 17.8. The maximum Gasteiger partial charge on any atom is 0.260 e. The number of amides is 1. The zero-order valence-electron chi connectivity index (χ0n) is 13.4. The molecule has 0 fully saturated rings. The monoisotopic (exact) mass is 346 g/mol. The average Bonchev–Trinajstić information content (AvgIpc) is 2.57. The second kappa shape index (κ2) is 9.57. The Balaban J connectivity index is 1.59. The van der Waals surface area contributed by atoms with Crippen LogP contribution in [-0.4, -0.2) is 31.9 Å². The summed E-state index contributed by atoms with van der Waals surface area (Å²) >= 11 is 5.78. The number of carbonyl (C=O) groups is 1. The van der Waals surface area contributed by atoms with Gasteiger partial charge in [0.15, 0.2) is 6.61 Å². The molecule has 0 aromatic heterocycles. The Labute approximate surface area is 146 Å². The third-order valence-electron chi connectivity index (χ3n) is 3.02. The number of benzene rings is 2. The van der Waals surface area contributed by atoms with Crippen LogP contribution >= 0.6 is 11.6 Å². The molecule has 0 heterocycles. The fraction of sp³-hybridized carbons (Fsp3) is 0.222. The smallest absolute Gasteiger partial charge is 0.260 e. The van der Waals surface area contributed by atoms with Crippen LogP contribution in [0.4, 0.5) is 0 Å². The average molecular weight is 347 g/mol. The Hall–Kier alpha value is -2.53. The summed E-state index contributed by atoms with van der Waals surface area (Å²) in [4.78, 5) is 16.5. The Morgan fingerprint density at radius 1 is 1.25 bits per heavy atom. The summed E-state index contributed by atoms with van der Waals surface area (Å²) < 4.78 is 5.53. The van der Waals surface area contributed by atoms with E-state index in [1.54, 1.807) is 24.3 Å².